The minimum atomic E-state index is -0.464. The maximum Gasteiger partial charge on any atom is 0.407 e. The normalized spacial score (nSPS) is 11.1. The van der Waals surface area contributed by atoms with Crippen LogP contribution in [0.25, 0.3) is 5.69 Å². The second-order valence-electron chi connectivity index (χ2n) is 6.10. The summed E-state index contributed by atoms with van der Waals surface area (Å²) in [5.74, 6) is 0. The minimum absolute atomic E-state index is 0.380. The van der Waals surface area contributed by atoms with Gasteiger partial charge in [0, 0.05) is 18.8 Å². The summed E-state index contributed by atoms with van der Waals surface area (Å²) in [4.78, 5) is 15.4. The van der Waals surface area contributed by atoms with Crippen LogP contribution in [0.1, 0.15) is 27.2 Å². The van der Waals surface area contributed by atoms with Crippen molar-refractivity contribution < 1.29 is 9.53 Å². The van der Waals surface area contributed by atoms with E-state index in [4.69, 9.17) is 4.74 Å². The van der Waals surface area contributed by atoms with Crippen molar-refractivity contribution in [2.24, 2.45) is 0 Å². The number of ether oxygens (including phenoxy) is 1. The predicted molar refractivity (Wildman–Crippen MR) is 88.7 cm³/mol. The summed E-state index contributed by atoms with van der Waals surface area (Å²) in [6.45, 7) is 6.86. The van der Waals surface area contributed by atoms with Crippen LogP contribution in [0.3, 0.4) is 0 Å². The minimum Gasteiger partial charge on any atom is -0.444 e. The summed E-state index contributed by atoms with van der Waals surface area (Å²) in [6.07, 6.45) is 3.59. The van der Waals surface area contributed by atoms with Gasteiger partial charge in [-0.3, -0.25) is 0 Å². The first-order chi connectivity index (χ1) is 10.9. The van der Waals surface area contributed by atoms with Crippen LogP contribution in [0.15, 0.2) is 36.9 Å². The molecule has 0 aliphatic carbocycles. The van der Waals surface area contributed by atoms with Gasteiger partial charge in [0.25, 0.3) is 0 Å². The Hall–Kier alpha value is -2.57. The van der Waals surface area contributed by atoms with E-state index in [2.05, 4.69) is 20.7 Å². The number of anilines is 1. The summed E-state index contributed by atoms with van der Waals surface area (Å²) >= 11 is 0. The van der Waals surface area contributed by atoms with Crippen LogP contribution in [0.4, 0.5) is 10.5 Å². The SMILES string of the molecule is CC(C)(C)OC(=O)NCCCNc1ccc(-n2cncn2)cc1. The third kappa shape index (κ3) is 5.98. The zero-order valence-electron chi connectivity index (χ0n) is 13.7. The highest BCUT2D eigenvalue weighted by molar-refractivity contribution is 5.67. The third-order valence-corrected chi connectivity index (χ3v) is 2.90. The summed E-state index contributed by atoms with van der Waals surface area (Å²) in [7, 11) is 0. The Balaban J connectivity index is 1.66. The Morgan fingerprint density at radius 1 is 1.22 bits per heavy atom. The van der Waals surface area contributed by atoms with Gasteiger partial charge in [-0.25, -0.2) is 14.5 Å². The lowest BCUT2D eigenvalue weighted by Gasteiger charge is -2.19. The molecular formula is C16H23N5O2. The van der Waals surface area contributed by atoms with E-state index in [1.54, 1.807) is 11.0 Å². The van der Waals surface area contributed by atoms with Gasteiger partial charge >= 0.3 is 6.09 Å². The van der Waals surface area contributed by atoms with Crippen molar-refractivity contribution in [3.63, 3.8) is 0 Å². The number of nitrogens with one attached hydrogen (secondary N) is 2. The van der Waals surface area contributed by atoms with Crippen LogP contribution in [0.5, 0.6) is 0 Å². The van der Waals surface area contributed by atoms with Gasteiger partial charge in [0.2, 0.25) is 0 Å². The standard InChI is InChI=1S/C16H23N5O2/c1-16(2,3)23-15(22)19-10-4-9-18-13-5-7-14(8-6-13)21-12-17-11-20-21/h5-8,11-12,18H,4,9-10H2,1-3H3,(H,19,22). The molecule has 1 aromatic heterocycles. The van der Waals surface area contributed by atoms with Gasteiger partial charge in [-0.1, -0.05) is 0 Å². The number of carbonyl (C=O) groups is 1. The molecule has 2 N–H and O–H groups in total. The van der Waals surface area contributed by atoms with Crippen LogP contribution >= 0.6 is 0 Å². The third-order valence-electron chi connectivity index (χ3n) is 2.90. The molecule has 7 nitrogen and oxygen atoms in total. The molecule has 7 heteroatoms. The molecule has 0 saturated carbocycles. The van der Waals surface area contributed by atoms with E-state index in [0.29, 0.717) is 6.54 Å². The Morgan fingerprint density at radius 3 is 2.57 bits per heavy atom. The van der Waals surface area contributed by atoms with Crippen molar-refractivity contribution >= 4 is 11.8 Å². The zero-order chi connectivity index (χ0) is 16.7. The fourth-order valence-corrected chi connectivity index (χ4v) is 1.90. The molecule has 0 spiro atoms. The molecule has 0 bridgehead atoms. The summed E-state index contributed by atoms with van der Waals surface area (Å²) in [6, 6.07) is 7.91. The molecule has 23 heavy (non-hydrogen) atoms. The maximum absolute atomic E-state index is 11.5. The molecule has 2 aromatic rings. The molecule has 0 unspecified atom stereocenters. The van der Waals surface area contributed by atoms with Crippen molar-refractivity contribution in [3.8, 4) is 5.69 Å². The van der Waals surface area contributed by atoms with Crippen LogP contribution < -0.4 is 10.6 Å². The number of hydrogen-bond donors (Lipinski definition) is 2. The fraction of sp³-hybridized carbons (Fsp3) is 0.438. The molecule has 0 aliphatic rings. The van der Waals surface area contributed by atoms with Crippen LogP contribution in [-0.4, -0.2) is 39.5 Å². The summed E-state index contributed by atoms with van der Waals surface area (Å²) in [5.41, 5.74) is 1.51. The van der Waals surface area contributed by atoms with E-state index in [0.717, 1.165) is 24.3 Å². The number of nitrogens with zero attached hydrogens (tertiary/aromatic N) is 3. The molecule has 124 valence electrons. The quantitative estimate of drug-likeness (QED) is 0.800. The monoisotopic (exact) mass is 317 g/mol. The van der Waals surface area contributed by atoms with Gasteiger partial charge in [-0.05, 0) is 51.5 Å². The Labute approximate surface area is 136 Å². The van der Waals surface area contributed by atoms with Gasteiger partial charge in [0.05, 0.1) is 5.69 Å². The number of hydrogen-bond acceptors (Lipinski definition) is 5. The number of amides is 1. The van der Waals surface area contributed by atoms with Crippen LogP contribution in [0, 0.1) is 0 Å². The van der Waals surface area contributed by atoms with Crippen molar-refractivity contribution in [2.75, 3.05) is 18.4 Å². The molecule has 0 radical (unpaired) electrons. The Kier molecular flexibility index (Phi) is 5.56. The highest BCUT2D eigenvalue weighted by Gasteiger charge is 2.15. The molecule has 1 heterocycles. The van der Waals surface area contributed by atoms with E-state index >= 15 is 0 Å². The lowest BCUT2D eigenvalue weighted by Crippen LogP contribution is -2.33. The van der Waals surface area contributed by atoms with Gasteiger partial charge in [-0.2, -0.15) is 5.10 Å². The van der Waals surface area contributed by atoms with E-state index in [9.17, 15) is 4.79 Å². The van der Waals surface area contributed by atoms with Gasteiger partial charge in [0.1, 0.15) is 18.3 Å². The van der Waals surface area contributed by atoms with E-state index in [1.165, 1.54) is 6.33 Å². The zero-order valence-corrected chi connectivity index (χ0v) is 13.7. The largest absolute Gasteiger partial charge is 0.444 e. The molecule has 0 aliphatic heterocycles. The van der Waals surface area contributed by atoms with Crippen LogP contribution in [-0.2, 0) is 4.74 Å². The topological polar surface area (TPSA) is 81.1 Å². The van der Waals surface area contributed by atoms with E-state index in [1.807, 2.05) is 45.0 Å². The number of carbonyl (C=O) groups excluding carboxylic acids is 1. The predicted octanol–water partition coefficient (Wildman–Crippen LogP) is 2.59. The number of alkyl carbamates (subject to hydrolysis) is 1. The Bertz CT molecular complexity index is 602. The first-order valence-corrected chi connectivity index (χ1v) is 7.60. The summed E-state index contributed by atoms with van der Waals surface area (Å²) < 4.78 is 6.87. The maximum atomic E-state index is 11.5. The molecule has 1 aromatic carbocycles. The second-order valence-corrected chi connectivity index (χ2v) is 6.10. The van der Waals surface area contributed by atoms with Crippen LogP contribution in [0.2, 0.25) is 0 Å². The van der Waals surface area contributed by atoms with Crippen molar-refractivity contribution in [3.05, 3.63) is 36.9 Å². The highest BCUT2D eigenvalue weighted by Crippen LogP contribution is 2.12. The molecule has 0 atom stereocenters. The van der Waals surface area contributed by atoms with Gasteiger partial charge < -0.3 is 15.4 Å². The molecule has 0 fully saturated rings. The van der Waals surface area contributed by atoms with E-state index in [-0.39, 0.29) is 6.09 Å². The van der Waals surface area contributed by atoms with Crippen molar-refractivity contribution in [1.29, 1.82) is 0 Å². The molecule has 2 rings (SSSR count). The lowest BCUT2D eigenvalue weighted by molar-refractivity contribution is 0.0528. The first-order valence-electron chi connectivity index (χ1n) is 7.60. The number of rotatable bonds is 6. The second kappa shape index (κ2) is 7.62. The molecular weight excluding hydrogens is 294 g/mol. The van der Waals surface area contributed by atoms with Crippen molar-refractivity contribution in [1.82, 2.24) is 20.1 Å². The van der Waals surface area contributed by atoms with Gasteiger partial charge in [-0.15, -0.1) is 0 Å². The van der Waals surface area contributed by atoms with Gasteiger partial charge in [0.15, 0.2) is 0 Å². The molecule has 1 amide bonds. The average Bonchev–Trinajstić information content (AvgIpc) is 3.00. The molecule has 0 saturated heterocycles. The lowest BCUT2D eigenvalue weighted by atomic mass is 10.2. The van der Waals surface area contributed by atoms with E-state index < -0.39 is 5.60 Å². The Morgan fingerprint density at radius 2 is 1.96 bits per heavy atom. The first kappa shape index (κ1) is 16.8. The number of benzene rings is 1. The number of aromatic nitrogens is 3. The highest BCUT2D eigenvalue weighted by atomic mass is 16.6. The van der Waals surface area contributed by atoms with Crippen molar-refractivity contribution in [2.45, 2.75) is 32.8 Å². The smallest absolute Gasteiger partial charge is 0.407 e. The summed E-state index contributed by atoms with van der Waals surface area (Å²) in [5, 5.41) is 10.1. The fourth-order valence-electron chi connectivity index (χ4n) is 1.90. The average molecular weight is 317 g/mol.